The zero-order valence-electron chi connectivity index (χ0n) is 22.6. The number of alkyl halides is 3. The summed E-state index contributed by atoms with van der Waals surface area (Å²) >= 11 is 0. The number of primary amides is 1. The van der Waals surface area contributed by atoms with E-state index in [1.807, 2.05) is 0 Å². The number of nitrogens with two attached hydrogens (primary N) is 2. The van der Waals surface area contributed by atoms with E-state index in [-0.39, 0.29) is 36.1 Å². The van der Waals surface area contributed by atoms with E-state index in [0.717, 1.165) is 12.1 Å². The van der Waals surface area contributed by atoms with Crippen LogP contribution in [0.5, 0.6) is 5.75 Å². The molecule has 2 aromatic rings. The third-order valence-electron chi connectivity index (χ3n) is 8.60. The average Bonchev–Trinajstić information content (AvgIpc) is 2.90. The van der Waals surface area contributed by atoms with Crippen molar-refractivity contribution in [2.24, 2.45) is 23.3 Å². The number of likely N-dealkylation sites (N-methyl/N-ethyl adjacent to an activating group) is 1. The first-order valence-electron chi connectivity index (χ1n) is 13.0. The number of phenolic OH excluding ortho intramolecular Hbond substituents is 1. The lowest BCUT2D eigenvalue weighted by atomic mass is 9.56. The molecule has 1 saturated carbocycles. The van der Waals surface area contributed by atoms with Crippen LogP contribution in [0.2, 0.25) is 0 Å². The van der Waals surface area contributed by atoms with Gasteiger partial charge in [0.05, 0.1) is 22.9 Å². The van der Waals surface area contributed by atoms with Crippen LogP contribution in [0.15, 0.2) is 47.2 Å². The number of carbonyl (C=O) groups is 2. The van der Waals surface area contributed by atoms with Crippen molar-refractivity contribution in [2.75, 3.05) is 14.1 Å². The Kier molecular flexibility index (Phi) is 6.75. The van der Waals surface area contributed by atoms with Crippen LogP contribution in [0.25, 0.3) is 16.9 Å². The fourth-order valence-corrected chi connectivity index (χ4v) is 6.68. The van der Waals surface area contributed by atoms with Crippen molar-refractivity contribution in [2.45, 2.75) is 37.2 Å². The molecule has 1 amide bonds. The molecule has 0 aromatic heterocycles. The molecule has 3 aliphatic carbocycles. The molecule has 13 heteroatoms. The number of nitrogens with one attached hydrogen (secondary N) is 1. The molecule has 2 aromatic carbocycles. The number of halogens is 3. The second-order valence-electron chi connectivity index (χ2n) is 11.1. The van der Waals surface area contributed by atoms with Gasteiger partial charge in [0.2, 0.25) is 5.78 Å². The fraction of sp³-hybridized carbons (Fsp3) is 0.345. The minimum atomic E-state index is -4.56. The maximum absolute atomic E-state index is 14.0. The number of carbonyl (C=O) groups excluding carboxylic acids is 2. The minimum absolute atomic E-state index is 0.0163. The molecular weight excluding hydrogens is 557 g/mol. The topological polar surface area (TPSA) is 194 Å². The lowest BCUT2D eigenvalue weighted by molar-refractivity contribution is -0.139. The Morgan fingerprint density at radius 2 is 1.79 bits per heavy atom. The molecule has 42 heavy (non-hydrogen) atoms. The van der Waals surface area contributed by atoms with Crippen molar-refractivity contribution in [3.8, 4) is 16.9 Å². The van der Waals surface area contributed by atoms with Crippen LogP contribution in [0.3, 0.4) is 0 Å². The summed E-state index contributed by atoms with van der Waals surface area (Å²) in [5.74, 6) is -5.90. The predicted molar refractivity (Wildman–Crippen MR) is 145 cm³/mol. The molecule has 0 aliphatic heterocycles. The van der Waals surface area contributed by atoms with E-state index in [9.17, 15) is 43.2 Å². The Morgan fingerprint density at radius 1 is 1.17 bits per heavy atom. The SMILES string of the molecule is CN(C)[C@H]1C(O)=C(C(N)=O)C(=N)[C@@]2(O)C(=O)C3=C(O)c4c(O)c(CN)cc(-c5ccc(C(F)(F)F)cc5)c4CC3CC12. The van der Waals surface area contributed by atoms with Gasteiger partial charge >= 0.3 is 6.18 Å². The van der Waals surface area contributed by atoms with Gasteiger partial charge in [-0.25, -0.2) is 0 Å². The largest absolute Gasteiger partial charge is 0.510 e. The van der Waals surface area contributed by atoms with Crippen LogP contribution in [0.1, 0.15) is 28.7 Å². The second-order valence-corrected chi connectivity index (χ2v) is 11.1. The van der Waals surface area contributed by atoms with Gasteiger partial charge < -0.3 is 37.3 Å². The molecule has 0 heterocycles. The summed E-state index contributed by atoms with van der Waals surface area (Å²) in [4.78, 5) is 27.7. The quantitative estimate of drug-likeness (QED) is 0.284. The normalized spacial score (nSPS) is 25.9. The van der Waals surface area contributed by atoms with Crippen molar-refractivity contribution >= 4 is 23.2 Å². The van der Waals surface area contributed by atoms with E-state index >= 15 is 0 Å². The summed E-state index contributed by atoms with van der Waals surface area (Å²) < 4.78 is 39.6. The predicted octanol–water partition coefficient (Wildman–Crippen LogP) is 2.56. The third kappa shape index (κ3) is 4.02. The van der Waals surface area contributed by atoms with Gasteiger partial charge in [-0.3, -0.25) is 14.5 Å². The van der Waals surface area contributed by atoms with E-state index in [1.165, 1.54) is 23.1 Å². The summed E-state index contributed by atoms with van der Waals surface area (Å²) in [6.45, 7) is -0.208. The van der Waals surface area contributed by atoms with Crippen molar-refractivity contribution in [3.63, 3.8) is 0 Å². The highest BCUT2D eigenvalue weighted by Gasteiger charge is 2.63. The number of hydrogen-bond acceptors (Lipinski definition) is 9. The van der Waals surface area contributed by atoms with Gasteiger partial charge in [-0.1, -0.05) is 12.1 Å². The smallest absolute Gasteiger partial charge is 0.416 e. The minimum Gasteiger partial charge on any atom is -0.510 e. The molecule has 222 valence electrons. The van der Waals surface area contributed by atoms with Crippen LogP contribution in [-0.2, 0) is 28.7 Å². The highest BCUT2D eigenvalue weighted by Crippen LogP contribution is 2.53. The van der Waals surface area contributed by atoms with Gasteiger partial charge in [0.15, 0.2) is 5.60 Å². The highest BCUT2D eigenvalue weighted by atomic mass is 19.4. The summed E-state index contributed by atoms with van der Waals surface area (Å²) in [6, 6.07) is 4.76. The molecule has 0 saturated heterocycles. The Morgan fingerprint density at radius 3 is 2.31 bits per heavy atom. The van der Waals surface area contributed by atoms with Crippen molar-refractivity contribution in [1.29, 1.82) is 5.41 Å². The molecule has 9 N–H and O–H groups in total. The van der Waals surface area contributed by atoms with Gasteiger partial charge in [0.1, 0.15) is 22.8 Å². The lowest BCUT2D eigenvalue weighted by Gasteiger charge is -2.51. The Labute approximate surface area is 237 Å². The summed E-state index contributed by atoms with van der Waals surface area (Å²) in [7, 11) is 3.10. The van der Waals surface area contributed by atoms with Gasteiger partial charge in [-0.15, -0.1) is 0 Å². The molecule has 4 atom stereocenters. The maximum Gasteiger partial charge on any atom is 0.416 e. The first-order chi connectivity index (χ1) is 19.5. The molecular formula is C29H29F3N4O6. The molecule has 1 fully saturated rings. The van der Waals surface area contributed by atoms with Crippen molar-refractivity contribution < 1.29 is 43.2 Å². The third-order valence-corrected chi connectivity index (χ3v) is 8.60. The zero-order valence-corrected chi connectivity index (χ0v) is 22.6. The van der Waals surface area contributed by atoms with Crippen molar-refractivity contribution in [1.82, 2.24) is 4.90 Å². The molecule has 0 radical (unpaired) electrons. The van der Waals surface area contributed by atoms with Crippen LogP contribution in [0.4, 0.5) is 13.2 Å². The summed E-state index contributed by atoms with van der Waals surface area (Å²) in [5.41, 5.74) is 6.93. The van der Waals surface area contributed by atoms with Crippen LogP contribution in [0, 0.1) is 17.2 Å². The van der Waals surface area contributed by atoms with Gasteiger partial charge in [-0.2, -0.15) is 13.2 Å². The van der Waals surface area contributed by atoms with E-state index in [0.29, 0.717) is 16.7 Å². The number of phenols is 1. The number of fused-ring (bicyclic) bond motifs is 3. The number of Topliss-reactive ketones (excluding diaryl/α,β-unsaturated/α-hetero) is 1. The van der Waals surface area contributed by atoms with Gasteiger partial charge in [0.25, 0.3) is 5.91 Å². The van der Waals surface area contributed by atoms with Crippen LogP contribution >= 0.6 is 0 Å². The van der Waals surface area contributed by atoms with Gasteiger partial charge in [-0.05, 0) is 67.7 Å². The number of nitrogens with zero attached hydrogens (tertiary/aromatic N) is 1. The first-order valence-corrected chi connectivity index (χ1v) is 13.0. The number of rotatable bonds is 4. The fourth-order valence-electron chi connectivity index (χ4n) is 6.68. The monoisotopic (exact) mass is 586 g/mol. The molecule has 2 unspecified atom stereocenters. The number of ketones is 1. The number of aliphatic hydroxyl groups is 3. The number of aliphatic hydroxyl groups excluding tert-OH is 2. The Balaban J connectivity index is 1.73. The summed E-state index contributed by atoms with van der Waals surface area (Å²) in [6.07, 6.45) is -4.59. The first kappa shape index (κ1) is 29.3. The van der Waals surface area contributed by atoms with E-state index in [1.54, 1.807) is 14.1 Å². The molecule has 0 spiro atoms. The van der Waals surface area contributed by atoms with E-state index in [2.05, 4.69) is 0 Å². The lowest BCUT2D eigenvalue weighted by Crippen LogP contribution is -2.67. The highest BCUT2D eigenvalue weighted by molar-refractivity contribution is 6.34. The Bertz CT molecular complexity index is 1610. The standard InChI is InChI=1S/C29H29F3N4O6/c1-36(2)21-17-9-12-7-16-15(11-3-5-14(6-4-11)29(30,31)32)8-13(10-33)22(37)19(16)23(38)18(12)26(40)28(17,42)25(34)20(24(21)39)27(35)41/h3-6,8,12,17,21,34,37-39,42H,7,9-10,33H2,1-2H3,(H2,35,41)/t12?,17?,21-,28-/m1/s1. The number of aromatic hydroxyl groups is 1. The van der Waals surface area contributed by atoms with Gasteiger partial charge in [0, 0.05) is 23.6 Å². The molecule has 10 nitrogen and oxygen atoms in total. The summed E-state index contributed by atoms with van der Waals surface area (Å²) in [5, 5.41) is 53.9. The number of amides is 1. The zero-order chi connectivity index (χ0) is 31.0. The molecule has 5 rings (SSSR count). The van der Waals surface area contributed by atoms with Crippen LogP contribution in [-0.4, -0.2) is 68.5 Å². The second kappa shape index (κ2) is 9.68. The van der Waals surface area contributed by atoms with E-state index in [4.69, 9.17) is 16.9 Å². The maximum atomic E-state index is 14.0. The number of hydrogen-bond donors (Lipinski definition) is 7. The Hall–Kier alpha value is -4.20. The average molecular weight is 587 g/mol. The van der Waals surface area contributed by atoms with Crippen molar-refractivity contribution in [3.05, 3.63) is 69.5 Å². The number of benzene rings is 2. The molecule has 3 aliphatic rings. The van der Waals surface area contributed by atoms with E-state index < -0.39 is 75.5 Å². The van der Waals surface area contributed by atoms with Crippen LogP contribution < -0.4 is 11.5 Å². The molecule has 0 bridgehead atoms.